The Labute approximate surface area is 183 Å². The highest BCUT2D eigenvalue weighted by atomic mass is 35.5. The second kappa shape index (κ2) is 9.18. The quantitative estimate of drug-likeness (QED) is 0.583. The van der Waals surface area contributed by atoms with E-state index in [1.165, 1.54) is 6.20 Å². The van der Waals surface area contributed by atoms with Crippen LogP contribution in [0.2, 0.25) is 5.02 Å². The number of pyridine rings is 1. The normalized spacial score (nSPS) is 16.2. The summed E-state index contributed by atoms with van der Waals surface area (Å²) in [6, 6.07) is 1.59. The third-order valence-electron chi connectivity index (χ3n) is 5.13. The molecule has 1 unspecified atom stereocenters. The highest BCUT2D eigenvalue weighted by Gasteiger charge is 2.28. The summed E-state index contributed by atoms with van der Waals surface area (Å²) in [6.45, 7) is 0.805. The van der Waals surface area contributed by atoms with Crippen molar-refractivity contribution in [1.82, 2.24) is 24.8 Å². The van der Waals surface area contributed by atoms with Gasteiger partial charge in [0.05, 0.1) is 17.3 Å². The summed E-state index contributed by atoms with van der Waals surface area (Å²) in [5, 5.41) is 4.23. The minimum absolute atomic E-state index is 0.0526. The van der Waals surface area contributed by atoms with Crippen molar-refractivity contribution >= 4 is 34.5 Å². The van der Waals surface area contributed by atoms with E-state index >= 15 is 0 Å². The monoisotopic (exact) mass is 442 g/mol. The molecule has 1 atom stereocenters. The number of hydrogen-bond donors (Lipinski definition) is 2. The fourth-order valence-electron chi connectivity index (χ4n) is 3.64. The Bertz CT molecular complexity index is 1140. The molecule has 1 fully saturated rings. The zero-order chi connectivity index (χ0) is 21.8. The van der Waals surface area contributed by atoms with E-state index in [0.717, 1.165) is 30.8 Å². The summed E-state index contributed by atoms with van der Waals surface area (Å²) in [4.78, 5) is 29.6. The number of ether oxygens (including phenoxy) is 1. The maximum atomic E-state index is 14.4. The van der Waals surface area contributed by atoms with Crippen molar-refractivity contribution in [2.24, 2.45) is 0 Å². The number of anilines is 1. The Kier molecular flexibility index (Phi) is 6.18. The summed E-state index contributed by atoms with van der Waals surface area (Å²) in [5.74, 6) is 2.08. The molecule has 31 heavy (non-hydrogen) atoms. The van der Waals surface area contributed by atoms with Gasteiger partial charge in [0.25, 0.3) is 0 Å². The molecule has 160 valence electrons. The predicted octanol–water partition coefficient (Wildman–Crippen LogP) is 3.85. The Hall–Kier alpha value is -3.38. The number of hydrogen-bond acceptors (Lipinski definition) is 6. The summed E-state index contributed by atoms with van der Waals surface area (Å²) in [5.41, 5.74) is 1.29. The maximum absolute atomic E-state index is 14.4. The molecule has 1 aliphatic heterocycles. The van der Waals surface area contributed by atoms with E-state index in [-0.39, 0.29) is 18.5 Å². The number of H-pyrrole nitrogens is 1. The van der Waals surface area contributed by atoms with Gasteiger partial charge in [0, 0.05) is 36.4 Å². The number of fused-ring (bicyclic) bond motifs is 1. The number of piperidine rings is 1. The number of aromatic amines is 1. The van der Waals surface area contributed by atoms with Crippen LogP contribution in [0.4, 0.5) is 15.0 Å². The molecule has 4 heterocycles. The first-order chi connectivity index (χ1) is 15.1. The molecule has 4 rings (SSSR count). The van der Waals surface area contributed by atoms with Crippen molar-refractivity contribution in [3.63, 3.8) is 0 Å². The van der Waals surface area contributed by atoms with Gasteiger partial charge >= 0.3 is 6.09 Å². The highest BCUT2D eigenvalue weighted by Crippen LogP contribution is 2.28. The average Bonchev–Trinajstić information content (AvgIpc) is 3.20. The first-order valence-electron chi connectivity index (χ1n) is 9.83. The molecule has 1 amide bonds. The number of nitrogens with zero attached hydrogens (tertiary/aromatic N) is 4. The van der Waals surface area contributed by atoms with Gasteiger partial charge < -0.3 is 19.9 Å². The molecule has 2 N–H and O–H groups in total. The van der Waals surface area contributed by atoms with Crippen LogP contribution in [-0.2, 0) is 4.74 Å². The zero-order valence-electron chi connectivity index (χ0n) is 16.6. The molecule has 0 spiro atoms. The average molecular weight is 443 g/mol. The first kappa shape index (κ1) is 20.9. The van der Waals surface area contributed by atoms with Gasteiger partial charge in [0.2, 0.25) is 0 Å². The number of carbonyl (C=O) groups is 1. The van der Waals surface area contributed by atoms with Crippen molar-refractivity contribution in [3.8, 4) is 23.7 Å². The molecular formula is C21H20ClFN6O2. The van der Waals surface area contributed by atoms with Gasteiger partial charge in [-0.1, -0.05) is 17.5 Å². The number of nitrogens with one attached hydrogen (secondary N) is 2. The topological polar surface area (TPSA) is 96.0 Å². The van der Waals surface area contributed by atoms with E-state index in [2.05, 4.69) is 31.2 Å². The number of rotatable bonds is 5. The van der Waals surface area contributed by atoms with Crippen LogP contribution in [0.3, 0.4) is 0 Å². The fraction of sp³-hybridized carbons (Fsp3) is 0.333. The Morgan fingerprint density at radius 3 is 3.13 bits per heavy atom. The molecule has 0 saturated carbocycles. The second-order valence-electron chi connectivity index (χ2n) is 7.12. The molecule has 1 aliphatic rings. The third-order valence-corrected chi connectivity index (χ3v) is 5.34. The molecule has 8 nitrogen and oxygen atoms in total. The first-order valence-corrected chi connectivity index (χ1v) is 10.2. The summed E-state index contributed by atoms with van der Waals surface area (Å²) < 4.78 is 19.5. The minimum Gasteiger partial charge on any atom is -0.436 e. The summed E-state index contributed by atoms with van der Waals surface area (Å²) >= 11 is 6.06. The zero-order valence-corrected chi connectivity index (χ0v) is 17.3. The number of aromatic nitrogens is 4. The van der Waals surface area contributed by atoms with Gasteiger partial charge in [-0.3, -0.25) is 0 Å². The number of halogens is 2. The van der Waals surface area contributed by atoms with Gasteiger partial charge in [0.1, 0.15) is 5.65 Å². The van der Waals surface area contributed by atoms with Crippen LogP contribution in [0.5, 0.6) is 0 Å². The fourth-order valence-corrected chi connectivity index (χ4v) is 3.80. The smallest absolute Gasteiger partial charge is 0.411 e. The molecule has 1 saturated heterocycles. The van der Waals surface area contributed by atoms with Crippen LogP contribution >= 0.6 is 11.6 Å². The minimum atomic E-state index is -0.586. The number of likely N-dealkylation sites (tertiary alicyclic amines) is 1. The summed E-state index contributed by atoms with van der Waals surface area (Å²) in [6.07, 6.45) is 11.7. The molecule has 0 radical (unpaired) electrons. The standard InChI is InChI=1S/C21H20ClFN6O2/c1-2-7-31-21(30)29-6-4-3-5-14(29)10-25-20-17(23)12-27-19(28-20)16-11-26-18-15(16)8-13(22)9-24-18/h1,8-9,11-12,14H,3-7,10H2,(H,24,26)(H,25,27,28). The Balaban J connectivity index is 1.53. The Morgan fingerprint density at radius 2 is 2.29 bits per heavy atom. The van der Waals surface area contributed by atoms with E-state index in [0.29, 0.717) is 35.1 Å². The molecule has 0 bridgehead atoms. The highest BCUT2D eigenvalue weighted by molar-refractivity contribution is 6.31. The van der Waals surface area contributed by atoms with Crippen LogP contribution in [0.1, 0.15) is 19.3 Å². The van der Waals surface area contributed by atoms with Crippen LogP contribution in [0.15, 0.2) is 24.7 Å². The van der Waals surface area contributed by atoms with Gasteiger partial charge in [-0.25, -0.2) is 24.1 Å². The maximum Gasteiger partial charge on any atom is 0.411 e. The Morgan fingerprint density at radius 1 is 1.42 bits per heavy atom. The van der Waals surface area contributed by atoms with Gasteiger partial charge in [0.15, 0.2) is 24.1 Å². The van der Waals surface area contributed by atoms with Crippen molar-refractivity contribution in [2.45, 2.75) is 25.3 Å². The third kappa shape index (κ3) is 4.54. The van der Waals surface area contributed by atoms with Gasteiger partial charge in [-0.2, -0.15) is 0 Å². The molecule has 0 aliphatic carbocycles. The van der Waals surface area contributed by atoms with E-state index in [4.69, 9.17) is 22.8 Å². The lowest BCUT2D eigenvalue weighted by Crippen LogP contribution is -2.47. The second-order valence-corrected chi connectivity index (χ2v) is 7.56. The summed E-state index contributed by atoms with van der Waals surface area (Å²) in [7, 11) is 0. The van der Waals surface area contributed by atoms with E-state index < -0.39 is 11.9 Å². The van der Waals surface area contributed by atoms with E-state index in [1.807, 2.05) is 0 Å². The van der Waals surface area contributed by atoms with Gasteiger partial charge in [-0.15, -0.1) is 6.42 Å². The van der Waals surface area contributed by atoms with Crippen LogP contribution in [-0.4, -0.2) is 56.7 Å². The molecular weight excluding hydrogens is 423 g/mol. The lowest BCUT2D eigenvalue weighted by atomic mass is 10.0. The van der Waals surface area contributed by atoms with Crippen LogP contribution in [0.25, 0.3) is 22.4 Å². The number of amides is 1. The van der Waals surface area contributed by atoms with E-state index in [1.54, 1.807) is 17.2 Å². The van der Waals surface area contributed by atoms with Crippen molar-refractivity contribution in [1.29, 1.82) is 0 Å². The van der Waals surface area contributed by atoms with Crippen molar-refractivity contribution < 1.29 is 13.9 Å². The van der Waals surface area contributed by atoms with Crippen molar-refractivity contribution in [2.75, 3.05) is 25.0 Å². The number of carbonyl (C=O) groups excluding carboxylic acids is 1. The van der Waals surface area contributed by atoms with Gasteiger partial charge in [-0.05, 0) is 25.3 Å². The molecule has 0 aromatic carbocycles. The van der Waals surface area contributed by atoms with Crippen molar-refractivity contribution in [3.05, 3.63) is 35.5 Å². The lowest BCUT2D eigenvalue weighted by molar-refractivity contribution is 0.0850. The molecule has 3 aromatic heterocycles. The van der Waals surface area contributed by atoms with E-state index in [9.17, 15) is 9.18 Å². The number of terminal acetylenes is 1. The largest absolute Gasteiger partial charge is 0.436 e. The molecule has 10 heteroatoms. The van der Waals surface area contributed by atoms with Crippen LogP contribution < -0.4 is 5.32 Å². The molecule has 3 aromatic rings. The predicted molar refractivity (Wildman–Crippen MR) is 115 cm³/mol. The van der Waals surface area contributed by atoms with Crippen LogP contribution in [0, 0.1) is 18.2 Å². The lowest BCUT2D eigenvalue weighted by Gasteiger charge is -2.34. The SMILES string of the molecule is C#CCOC(=O)N1CCCCC1CNc1nc(-c2c[nH]c3ncc(Cl)cc23)ncc1F.